The molecule has 2 aliphatic rings. The number of hydrogen-bond donors (Lipinski definition) is 2. The maximum Gasteiger partial charge on any atom is 0.282 e. The molecule has 1 heterocycles. The van der Waals surface area contributed by atoms with Gasteiger partial charge < -0.3 is 15.0 Å². The third kappa shape index (κ3) is 3.18. The summed E-state index contributed by atoms with van der Waals surface area (Å²) in [5.41, 5.74) is 2.08. The smallest absolute Gasteiger partial charge is 0.282 e. The fourth-order valence-electron chi connectivity index (χ4n) is 3.68. The number of quaternary nitrogens is 1. The Morgan fingerprint density at radius 3 is 2.22 bits per heavy atom. The Morgan fingerprint density at radius 1 is 0.963 bits per heavy atom. The summed E-state index contributed by atoms with van der Waals surface area (Å²) in [6, 6.07) is 11.5. The van der Waals surface area contributed by atoms with E-state index in [-0.39, 0.29) is 23.5 Å². The van der Waals surface area contributed by atoms with Crippen LogP contribution in [-0.4, -0.2) is 49.8 Å². The first-order valence-electron chi connectivity index (χ1n) is 9.12. The molecule has 0 aromatic heterocycles. The number of carbonyl (C=O) groups excluding carboxylic acids is 3. The summed E-state index contributed by atoms with van der Waals surface area (Å²) in [4.78, 5) is 39.2. The number of anilines is 1. The van der Waals surface area contributed by atoms with Crippen molar-refractivity contribution < 1.29 is 24.0 Å². The standard InChI is InChI=1S/C21H20N2O4/c1-13(23-8-10-27-11-9-23)21(26)22-14-6-7-17-18(12-14)20(25)16-5-3-2-4-15(16)19(17)24/h2-7,12-13H,8-11H2,1H3,(H,22,26)/p+1/t13-/m0/s1. The highest BCUT2D eigenvalue weighted by atomic mass is 16.5. The van der Waals surface area contributed by atoms with Gasteiger partial charge in [-0.25, -0.2) is 0 Å². The van der Waals surface area contributed by atoms with Gasteiger partial charge in [-0.15, -0.1) is 0 Å². The zero-order valence-corrected chi connectivity index (χ0v) is 15.1. The number of benzene rings is 2. The number of morpholine rings is 1. The van der Waals surface area contributed by atoms with Crippen molar-refractivity contribution >= 4 is 23.2 Å². The van der Waals surface area contributed by atoms with Gasteiger partial charge in [-0.2, -0.15) is 0 Å². The molecule has 1 aliphatic heterocycles. The Bertz CT molecular complexity index is 932. The van der Waals surface area contributed by atoms with Crippen LogP contribution in [0.15, 0.2) is 42.5 Å². The third-order valence-electron chi connectivity index (χ3n) is 5.33. The first-order valence-corrected chi connectivity index (χ1v) is 9.12. The molecule has 0 saturated carbocycles. The van der Waals surface area contributed by atoms with E-state index in [9.17, 15) is 14.4 Å². The Balaban J connectivity index is 1.57. The lowest BCUT2D eigenvalue weighted by Crippen LogP contribution is -3.18. The van der Waals surface area contributed by atoms with E-state index in [4.69, 9.17) is 4.74 Å². The topological polar surface area (TPSA) is 76.9 Å². The molecule has 2 N–H and O–H groups in total. The van der Waals surface area contributed by atoms with Gasteiger partial charge in [0.25, 0.3) is 5.91 Å². The number of amides is 1. The molecule has 0 bridgehead atoms. The molecule has 4 rings (SSSR count). The van der Waals surface area contributed by atoms with E-state index in [2.05, 4.69) is 5.32 Å². The summed E-state index contributed by atoms with van der Waals surface area (Å²) in [5.74, 6) is -0.464. The minimum atomic E-state index is -0.219. The molecule has 1 fully saturated rings. The average Bonchev–Trinajstić information content (AvgIpc) is 2.72. The second kappa shape index (κ2) is 7.06. The molecular weight excluding hydrogens is 344 g/mol. The van der Waals surface area contributed by atoms with Gasteiger partial charge in [0.1, 0.15) is 13.1 Å². The lowest BCUT2D eigenvalue weighted by atomic mass is 9.84. The number of ketones is 2. The molecule has 2 aromatic carbocycles. The van der Waals surface area contributed by atoms with Gasteiger partial charge in [0.2, 0.25) is 0 Å². The Kier molecular flexibility index (Phi) is 4.59. The van der Waals surface area contributed by atoms with Crippen molar-refractivity contribution in [1.82, 2.24) is 0 Å². The van der Waals surface area contributed by atoms with Gasteiger partial charge in [-0.3, -0.25) is 14.4 Å². The van der Waals surface area contributed by atoms with E-state index < -0.39 is 0 Å². The highest BCUT2D eigenvalue weighted by Gasteiger charge is 2.30. The van der Waals surface area contributed by atoms with Crippen LogP contribution in [0.25, 0.3) is 0 Å². The van der Waals surface area contributed by atoms with Crippen molar-refractivity contribution in [3.63, 3.8) is 0 Å². The number of carbonyl (C=O) groups is 3. The van der Waals surface area contributed by atoms with Gasteiger partial charge in [-0.1, -0.05) is 24.3 Å². The minimum absolute atomic E-state index is 0.109. The molecule has 1 amide bonds. The average molecular weight is 365 g/mol. The second-order valence-corrected chi connectivity index (χ2v) is 6.95. The third-order valence-corrected chi connectivity index (χ3v) is 5.33. The van der Waals surface area contributed by atoms with Crippen LogP contribution < -0.4 is 10.2 Å². The predicted molar refractivity (Wildman–Crippen MR) is 99.4 cm³/mol. The molecule has 0 radical (unpaired) electrons. The van der Waals surface area contributed by atoms with Gasteiger partial charge in [0.15, 0.2) is 17.6 Å². The molecular formula is C21H21N2O4+. The van der Waals surface area contributed by atoms with Gasteiger partial charge in [0, 0.05) is 27.9 Å². The quantitative estimate of drug-likeness (QED) is 0.717. The molecule has 2 aromatic rings. The fraction of sp³-hybridized carbons (Fsp3) is 0.286. The number of hydrogen-bond acceptors (Lipinski definition) is 4. The highest BCUT2D eigenvalue weighted by molar-refractivity contribution is 6.28. The Labute approximate surface area is 157 Å². The fourth-order valence-corrected chi connectivity index (χ4v) is 3.68. The normalized spacial score (nSPS) is 17.8. The predicted octanol–water partition coefficient (Wildman–Crippen LogP) is 0.704. The number of nitrogens with one attached hydrogen (secondary N) is 2. The largest absolute Gasteiger partial charge is 0.370 e. The van der Waals surface area contributed by atoms with Gasteiger partial charge >= 0.3 is 0 Å². The monoisotopic (exact) mass is 365 g/mol. The van der Waals surface area contributed by atoms with Crippen LogP contribution in [0.2, 0.25) is 0 Å². The minimum Gasteiger partial charge on any atom is -0.370 e. The van der Waals surface area contributed by atoms with Crippen LogP contribution in [0.5, 0.6) is 0 Å². The van der Waals surface area contributed by atoms with Gasteiger partial charge in [-0.05, 0) is 25.1 Å². The van der Waals surface area contributed by atoms with Crippen LogP contribution in [-0.2, 0) is 9.53 Å². The van der Waals surface area contributed by atoms with E-state index in [1.165, 1.54) is 4.90 Å². The summed E-state index contributed by atoms with van der Waals surface area (Å²) in [6.07, 6.45) is 0. The molecule has 6 heteroatoms. The Hall–Kier alpha value is -2.83. The molecule has 1 aliphatic carbocycles. The number of fused-ring (bicyclic) bond motifs is 2. The highest BCUT2D eigenvalue weighted by Crippen LogP contribution is 2.29. The van der Waals surface area contributed by atoms with Crippen molar-refractivity contribution in [2.45, 2.75) is 13.0 Å². The van der Waals surface area contributed by atoms with E-state index >= 15 is 0 Å². The SMILES string of the molecule is C[C@@H](C(=O)Nc1ccc2c(c1)C(=O)c1ccccc1C2=O)[NH+]1CCOCC1. The van der Waals surface area contributed by atoms with Crippen LogP contribution in [0.3, 0.4) is 0 Å². The lowest BCUT2D eigenvalue weighted by molar-refractivity contribution is -0.921. The zero-order valence-electron chi connectivity index (χ0n) is 15.1. The second-order valence-electron chi connectivity index (χ2n) is 6.95. The van der Waals surface area contributed by atoms with E-state index in [0.717, 1.165) is 13.1 Å². The van der Waals surface area contributed by atoms with E-state index in [0.29, 0.717) is 41.2 Å². The molecule has 27 heavy (non-hydrogen) atoms. The van der Waals surface area contributed by atoms with Crippen molar-refractivity contribution in [2.24, 2.45) is 0 Å². The summed E-state index contributed by atoms with van der Waals surface area (Å²) in [7, 11) is 0. The van der Waals surface area contributed by atoms with Crippen LogP contribution in [0, 0.1) is 0 Å². The van der Waals surface area contributed by atoms with Crippen molar-refractivity contribution in [1.29, 1.82) is 0 Å². The summed E-state index contributed by atoms with van der Waals surface area (Å²) in [5, 5.41) is 2.88. The lowest BCUT2D eigenvalue weighted by Gasteiger charge is -2.28. The van der Waals surface area contributed by atoms with E-state index in [1.807, 2.05) is 6.92 Å². The van der Waals surface area contributed by atoms with E-state index in [1.54, 1.807) is 42.5 Å². The molecule has 1 saturated heterocycles. The van der Waals surface area contributed by atoms with Crippen LogP contribution >= 0.6 is 0 Å². The Morgan fingerprint density at radius 2 is 1.56 bits per heavy atom. The summed E-state index contributed by atoms with van der Waals surface area (Å²) >= 11 is 0. The maximum atomic E-state index is 12.8. The zero-order chi connectivity index (χ0) is 19.0. The molecule has 0 spiro atoms. The summed E-state index contributed by atoms with van der Waals surface area (Å²) in [6.45, 7) is 4.79. The first kappa shape index (κ1) is 17.6. The number of rotatable bonds is 3. The molecule has 6 nitrogen and oxygen atoms in total. The number of ether oxygens (including phenoxy) is 1. The van der Waals surface area contributed by atoms with Crippen molar-refractivity contribution in [3.05, 3.63) is 64.7 Å². The van der Waals surface area contributed by atoms with Crippen molar-refractivity contribution in [3.8, 4) is 0 Å². The maximum absolute atomic E-state index is 12.8. The summed E-state index contributed by atoms with van der Waals surface area (Å²) < 4.78 is 5.34. The first-order chi connectivity index (χ1) is 13.1. The molecule has 1 atom stereocenters. The molecule has 138 valence electrons. The van der Waals surface area contributed by atoms with Crippen LogP contribution in [0.4, 0.5) is 5.69 Å². The van der Waals surface area contributed by atoms with Crippen molar-refractivity contribution in [2.75, 3.05) is 31.6 Å². The van der Waals surface area contributed by atoms with Gasteiger partial charge in [0.05, 0.1) is 13.2 Å². The van der Waals surface area contributed by atoms with Crippen LogP contribution in [0.1, 0.15) is 38.8 Å². The molecule has 0 unspecified atom stereocenters.